The summed E-state index contributed by atoms with van der Waals surface area (Å²) in [6, 6.07) is 0. The number of aliphatic hydroxyl groups excluding tert-OH is 1. The van der Waals surface area contributed by atoms with Gasteiger partial charge in [0.25, 0.3) is 5.78 Å². The average Bonchev–Trinajstić information content (AvgIpc) is 2.91. The third-order valence-corrected chi connectivity index (χ3v) is 2.71. The summed E-state index contributed by atoms with van der Waals surface area (Å²) in [6.45, 7) is 3.58. The lowest BCUT2D eigenvalue weighted by atomic mass is 10.2. The minimum Gasteiger partial charge on any atom is -0.512 e. The van der Waals surface area contributed by atoms with Crippen LogP contribution in [0.3, 0.4) is 0 Å². The highest BCUT2D eigenvalue weighted by atomic mass is 16.3. The van der Waals surface area contributed by atoms with Crippen molar-refractivity contribution in [2.75, 3.05) is 5.73 Å². The number of hydrogen-bond donors (Lipinski definition) is 2. The summed E-state index contributed by atoms with van der Waals surface area (Å²) in [5.41, 5.74) is 6.16. The molecule has 0 saturated carbocycles. The van der Waals surface area contributed by atoms with E-state index in [0.29, 0.717) is 29.7 Å². The first-order valence-electron chi connectivity index (χ1n) is 6.01. The maximum Gasteiger partial charge on any atom is 0.257 e. The van der Waals surface area contributed by atoms with Crippen LogP contribution < -0.4 is 11.1 Å². The van der Waals surface area contributed by atoms with E-state index < -0.39 is 0 Å². The molecule has 100 valence electrons. The van der Waals surface area contributed by atoms with Gasteiger partial charge in [-0.25, -0.2) is 9.38 Å². The van der Waals surface area contributed by atoms with Crippen LogP contribution in [0, 0.1) is 0 Å². The molecule has 0 saturated heterocycles. The molecule has 0 radical (unpaired) electrons. The first-order chi connectivity index (χ1) is 9.06. The number of nitrogens with zero attached hydrogens (tertiary/aromatic N) is 4. The summed E-state index contributed by atoms with van der Waals surface area (Å²) in [5, 5.41) is 17.6. The molecule has 0 fully saturated rings. The number of ketones is 1. The molecule has 0 atom stereocenters. The molecule has 0 aromatic carbocycles. The number of aliphatic hydroxyl groups is 1. The van der Waals surface area contributed by atoms with Crippen LogP contribution in [-0.4, -0.2) is 30.5 Å². The van der Waals surface area contributed by atoms with E-state index in [1.807, 2.05) is 6.92 Å². The van der Waals surface area contributed by atoms with Gasteiger partial charge in [-0.05, 0) is 0 Å². The Hall–Kier alpha value is -2.44. The predicted octanol–water partition coefficient (Wildman–Crippen LogP) is 0.494. The number of rotatable bonds is 4. The van der Waals surface area contributed by atoms with E-state index >= 15 is 0 Å². The zero-order chi connectivity index (χ0) is 14.0. The fraction of sp³-hybridized carbons (Fsp3) is 0.333. The molecule has 0 amide bonds. The highest BCUT2D eigenvalue weighted by molar-refractivity contribution is 6.05. The van der Waals surface area contributed by atoms with Gasteiger partial charge in [0.15, 0.2) is 5.78 Å². The van der Waals surface area contributed by atoms with Crippen LogP contribution in [0.15, 0.2) is 5.76 Å². The largest absolute Gasteiger partial charge is 0.512 e. The second-order valence-corrected chi connectivity index (χ2v) is 4.03. The van der Waals surface area contributed by atoms with Crippen molar-refractivity contribution in [3.05, 3.63) is 16.8 Å². The van der Waals surface area contributed by atoms with Crippen LogP contribution in [0.25, 0.3) is 17.9 Å². The van der Waals surface area contributed by atoms with E-state index in [2.05, 4.69) is 15.2 Å². The molecule has 0 aliphatic carbocycles. The van der Waals surface area contributed by atoms with E-state index in [-0.39, 0.29) is 17.5 Å². The van der Waals surface area contributed by atoms with Crippen molar-refractivity contribution in [1.82, 2.24) is 19.6 Å². The van der Waals surface area contributed by atoms with Gasteiger partial charge in [-0.15, -0.1) is 10.2 Å². The molecular formula is C12H15N5O2. The molecule has 2 rings (SSSR count). The van der Waals surface area contributed by atoms with Crippen molar-refractivity contribution < 1.29 is 9.90 Å². The molecule has 2 heterocycles. The van der Waals surface area contributed by atoms with E-state index in [9.17, 15) is 9.90 Å². The number of anilines is 1. The van der Waals surface area contributed by atoms with Gasteiger partial charge in [0.05, 0.1) is 16.8 Å². The second kappa shape index (κ2) is 5.05. The normalized spacial score (nSPS) is 13.4. The molecule has 0 aliphatic heterocycles. The zero-order valence-electron chi connectivity index (χ0n) is 10.8. The van der Waals surface area contributed by atoms with Gasteiger partial charge in [-0.1, -0.05) is 13.8 Å². The number of allylic oxidation sites excluding steroid dienone is 1. The van der Waals surface area contributed by atoms with Gasteiger partial charge in [0, 0.05) is 25.0 Å². The molecule has 2 aromatic rings. The summed E-state index contributed by atoms with van der Waals surface area (Å²) >= 11 is 0. The molecule has 0 unspecified atom stereocenters. The van der Waals surface area contributed by atoms with Gasteiger partial charge >= 0.3 is 0 Å². The zero-order valence-corrected chi connectivity index (χ0v) is 10.8. The van der Waals surface area contributed by atoms with E-state index in [1.165, 1.54) is 16.6 Å². The SMILES string of the molecule is CCC(=O)/C=c1/c(/C=C(/O)CC)nc2nnc(N)n12. The summed E-state index contributed by atoms with van der Waals surface area (Å²) in [7, 11) is 0. The van der Waals surface area contributed by atoms with Crippen molar-refractivity contribution in [3.8, 4) is 0 Å². The molecule has 7 nitrogen and oxygen atoms in total. The van der Waals surface area contributed by atoms with Crippen molar-refractivity contribution in [1.29, 1.82) is 0 Å². The van der Waals surface area contributed by atoms with Crippen LogP contribution in [0.1, 0.15) is 32.4 Å². The highest BCUT2D eigenvalue weighted by Gasteiger charge is 2.12. The Morgan fingerprint density at radius 2 is 2.11 bits per heavy atom. The quantitative estimate of drug-likeness (QED) is 0.776. The van der Waals surface area contributed by atoms with Crippen LogP contribution in [0.5, 0.6) is 0 Å². The van der Waals surface area contributed by atoms with Crippen LogP contribution >= 0.6 is 0 Å². The smallest absolute Gasteiger partial charge is 0.257 e. The molecular weight excluding hydrogens is 246 g/mol. The Morgan fingerprint density at radius 3 is 2.74 bits per heavy atom. The number of aromatic nitrogens is 4. The number of hydrogen-bond acceptors (Lipinski definition) is 6. The van der Waals surface area contributed by atoms with E-state index in [4.69, 9.17) is 5.73 Å². The van der Waals surface area contributed by atoms with E-state index in [1.54, 1.807) is 6.92 Å². The maximum atomic E-state index is 11.6. The number of nitrogens with two attached hydrogens (primary N) is 1. The topological polar surface area (TPSA) is 106 Å². The van der Waals surface area contributed by atoms with Crippen molar-refractivity contribution in [3.63, 3.8) is 0 Å². The Bertz CT molecular complexity index is 701. The number of fused-ring (bicyclic) bond motifs is 1. The van der Waals surface area contributed by atoms with Crippen molar-refractivity contribution in [2.45, 2.75) is 26.7 Å². The number of carbonyl (C=O) groups is 1. The lowest BCUT2D eigenvalue weighted by molar-refractivity contribution is -0.113. The first-order valence-corrected chi connectivity index (χ1v) is 6.01. The molecule has 19 heavy (non-hydrogen) atoms. The van der Waals surface area contributed by atoms with Crippen LogP contribution in [0.4, 0.5) is 5.95 Å². The van der Waals surface area contributed by atoms with Crippen molar-refractivity contribution in [2.24, 2.45) is 0 Å². The van der Waals surface area contributed by atoms with E-state index in [0.717, 1.165) is 0 Å². The Labute approximate surface area is 109 Å². The highest BCUT2D eigenvalue weighted by Crippen LogP contribution is 2.06. The van der Waals surface area contributed by atoms with Crippen LogP contribution in [-0.2, 0) is 4.79 Å². The number of carbonyl (C=O) groups excluding carboxylic acids is 1. The summed E-state index contributed by atoms with van der Waals surface area (Å²) in [4.78, 5) is 15.8. The van der Waals surface area contributed by atoms with Gasteiger partial charge in [0.1, 0.15) is 0 Å². The van der Waals surface area contributed by atoms with Crippen molar-refractivity contribution >= 4 is 29.7 Å². The van der Waals surface area contributed by atoms with Gasteiger partial charge in [-0.3, -0.25) is 4.79 Å². The fourth-order valence-electron chi connectivity index (χ4n) is 1.63. The third-order valence-electron chi connectivity index (χ3n) is 2.71. The van der Waals surface area contributed by atoms with Gasteiger partial charge in [0.2, 0.25) is 5.95 Å². The molecule has 7 heteroatoms. The summed E-state index contributed by atoms with van der Waals surface area (Å²) in [6.07, 6.45) is 3.79. The number of Topliss-reactive ketones (excluding diaryl/α,β-unsaturated/α-hetero) is 1. The third kappa shape index (κ3) is 2.40. The molecule has 2 aromatic heterocycles. The molecule has 0 aliphatic rings. The average molecular weight is 261 g/mol. The summed E-state index contributed by atoms with van der Waals surface area (Å²) < 4.78 is 1.49. The second-order valence-electron chi connectivity index (χ2n) is 4.03. The first kappa shape index (κ1) is 13.0. The summed E-state index contributed by atoms with van der Waals surface area (Å²) in [5.74, 6) is 0.579. The fourth-order valence-corrected chi connectivity index (χ4v) is 1.63. The Balaban J connectivity index is 2.74. The lowest BCUT2D eigenvalue weighted by Gasteiger charge is -1.93. The molecule has 3 N–H and O–H groups in total. The van der Waals surface area contributed by atoms with Crippen LogP contribution in [0.2, 0.25) is 0 Å². The van der Waals surface area contributed by atoms with Gasteiger partial charge < -0.3 is 10.8 Å². The predicted molar refractivity (Wildman–Crippen MR) is 71.1 cm³/mol. The Kier molecular flexibility index (Phi) is 3.46. The van der Waals surface area contributed by atoms with Gasteiger partial charge in [-0.2, -0.15) is 0 Å². The maximum absolute atomic E-state index is 11.6. The lowest BCUT2D eigenvalue weighted by Crippen LogP contribution is -2.16. The molecule has 0 spiro atoms. The minimum atomic E-state index is -0.0620. The number of imidazole rings is 1. The number of nitrogen functional groups attached to an aromatic ring is 1. The minimum absolute atomic E-state index is 0.0620. The molecule has 0 bridgehead atoms. The monoisotopic (exact) mass is 261 g/mol. The standard InChI is InChI=1S/C12H15N5O2/c1-3-7(18)5-9-10(6-8(19)4-2)17-11(13)15-16-12(17)14-9/h5-6,18H,3-4H2,1-2H3,(H2,13,15)/b7-5+,10-6-. The Morgan fingerprint density at radius 1 is 1.37 bits per heavy atom.